The van der Waals surface area contributed by atoms with E-state index in [-0.39, 0.29) is 18.4 Å². The second-order valence-corrected chi connectivity index (χ2v) is 6.46. The average molecular weight is 385 g/mol. The van der Waals surface area contributed by atoms with Crippen LogP contribution in [0.5, 0.6) is 5.75 Å². The molecular formula is C18H16ClF3N2O2. The highest BCUT2D eigenvalue weighted by Crippen LogP contribution is 2.30. The lowest BCUT2D eigenvalue weighted by Crippen LogP contribution is -2.32. The Balaban J connectivity index is 1.59. The lowest BCUT2D eigenvalue weighted by atomic mass is 10.1. The lowest BCUT2D eigenvalue weighted by molar-refractivity contribution is -0.138. The Morgan fingerprint density at radius 3 is 2.88 bits per heavy atom. The largest absolute Gasteiger partial charge is 0.487 e. The van der Waals surface area contributed by atoms with Crippen LogP contribution in [0.2, 0.25) is 5.02 Å². The van der Waals surface area contributed by atoms with Gasteiger partial charge in [-0.3, -0.25) is 9.78 Å². The minimum Gasteiger partial charge on any atom is -0.487 e. The smallest absolute Gasteiger partial charge is 0.416 e. The molecule has 26 heavy (non-hydrogen) atoms. The van der Waals surface area contributed by atoms with Crippen molar-refractivity contribution in [2.45, 2.75) is 25.1 Å². The molecule has 4 nitrogen and oxygen atoms in total. The van der Waals surface area contributed by atoms with Crippen LogP contribution < -0.4 is 4.74 Å². The summed E-state index contributed by atoms with van der Waals surface area (Å²) in [7, 11) is 0. The number of benzene rings is 1. The number of carbonyl (C=O) groups excluding carboxylic acids is 1. The summed E-state index contributed by atoms with van der Waals surface area (Å²) in [5, 5.41) is 0.390. The first-order valence-corrected chi connectivity index (χ1v) is 8.41. The quantitative estimate of drug-likeness (QED) is 0.801. The Hall–Kier alpha value is -2.28. The molecule has 0 N–H and O–H groups in total. The molecule has 1 fully saturated rings. The van der Waals surface area contributed by atoms with Crippen molar-refractivity contribution in [1.29, 1.82) is 0 Å². The number of pyridine rings is 1. The number of aromatic nitrogens is 1. The Labute approximate surface area is 153 Å². The minimum absolute atomic E-state index is 0.0767. The van der Waals surface area contributed by atoms with Crippen molar-refractivity contribution in [3.05, 3.63) is 58.9 Å². The van der Waals surface area contributed by atoms with Gasteiger partial charge in [0.15, 0.2) is 0 Å². The summed E-state index contributed by atoms with van der Waals surface area (Å²) < 4.78 is 44.1. The van der Waals surface area contributed by atoms with Gasteiger partial charge in [0.05, 0.1) is 18.5 Å². The van der Waals surface area contributed by atoms with Crippen molar-refractivity contribution < 1.29 is 22.7 Å². The summed E-state index contributed by atoms with van der Waals surface area (Å²) in [5.74, 6) is 0.273. The summed E-state index contributed by atoms with van der Waals surface area (Å²) in [6, 6.07) is 6.49. The van der Waals surface area contributed by atoms with Crippen molar-refractivity contribution in [3.63, 3.8) is 0 Å². The lowest BCUT2D eigenvalue weighted by Gasteiger charge is -2.18. The molecule has 2 heterocycles. The fourth-order valence-electron chi connectivity index (χ4n) is 2.83. The standard InChI is InChI=1S/C18H16ClF3N2O2/c19-15-10-23-6-4-16(15)26-14-5-7-24(11-14)17(25)9-12-2-1-3-13(8-12)18(20,21)22/h1-4,6,8,10,14H,5,7,9,11H2/t14-/m0/s1. The SMILES string of the molecule is O=C(Cc1cccc(C(F)(F)F)c1)N1CC[C@H](Oc2ccncc2Cl)C1. The van der Waals surface area contributed by atoms with Gasteiger partial charge in [0.1, 0.15) is 16.9 Å². The van der Waals surface area contributed by atoms with Crippen LogP contribution in [0.15, 0.2) is 42.7 Å². The number of nitrogens with zero attached hydrogens (tertiary/aromatic N) is 2. The van der Waals surface area contributed by atoms with Gasteiger partial charge in [-0.05, 0) is 11.6 Å². The monoisotopic (exact) mass is 384 g/mol. The van der Waals surface area contributed by atoms with E-state index in [4.69, 9.17) is 16.3 Å². The van der Waals surface area contributed by atoms with Crippen LogP contribution in [0, 0.1) is 0 Å². The normalized spacial score (nSPS) is 17.4. The third-order valence-electron chi connectivity index (χ3n) is 4.14. The van der Waals surface area contributed by atoms with Gasteiger partial charge in [-0.2, -0.15) is 13.2 Å². The van der Waals surface area contributed by atoms with Gasteiger partial charge >= 0.3 is 6.18 Å². The maximum Gasteiger partial charge on any atom is 0.416 e. The molecule has 1 saturated heterocycles. The number of hydrogen-bond acceptors (Lipinski definition) is 3. The first kappa shape index (κ1) is 18.5. The van der Waals surface area contributed by atoms with E-state index < -0.39 is 11.7 Å². The molecule has 3 rings (SSSR count). The first-order valence-electron chi connectivity index (χ1n) is 8.03. The number of amides is 1. The maximum absolute atomic E-state index is 12.8. The number of alkyl halides is 3. The Morgan fingerprint density at radius 2 is 2.15 bits per heavy atom. The number of likely N-dealkylation sites (tertiary alicyclic amines) is 1. The van der Waals surface area contributed by atoms with Gasteiger partial charge in [-0.1, -0.05) is 29.8 Å². The second kappa shape index (κ2) is 7.53. The van der Waals surface area contributed by atoms with E-state index in [1.54, 1.807) is 17.2 Å². The van der Waals surface area contributed by atoms with Crippen molar-refractivity contribution in [1.82, 2.24) is 9.88 Å². The maximum atomic E-state index is 12.8. The molecule has 0 saturated carbocycles. The predicted molar refractivity (Wildman–Crippen MR) is 90.0 cm³/mol. The molecule has 0 spiro atoms. The Bertz CT molecular complexity index is 798. The molecular weight excluding hydrogens is 369 g/mol. The fourth-order valence-corrected chi connectivity index (χ4v) is 3.00. The molecule has 1 aliphatic heterocycles. The first-order chi connectivity index (χ1) is 12.3. The Kier molecular flexibility index (Phi) is 5.36. The van der Waals surface area contributed by atoms with E-state index in [0.717, 1.165) is 12.1 Å². The van der Waals surface area contributed by atoms with Crippen LogP contribution in [0.3, 0.4) is 0 Å². The molecule has 1 amide bonds. The number of carbonyl (C=O) groups is 1. The molecule has 8 heteroatoms. The molecule has 1 atom stereocenters. The summed E-state index contributed by atoms with van der Waals surface area (Å²) in [4.78, 5) is 17.9. The summed E-state index contributed by atoms with van der Waals surface area (Å²) in [5.41, 5.74) is -0.413. The van der Waals surface area contributed by atoms with Gasteiger partial charge in [-0.25, -0.2) is 0 Å². The van der Waals surface area contributed by atoms with Crippen LogP contribution in [0.25, 0.3) is 0 Å². The van der Waals surface area contributed by atoms with E-state index in [2.05, 4.69) is 4.98 Å². The van der Waals surface area contributed by atoms with Crippen molar-refractivity contribution in [2.75, 3.05) is 13.1 Å². The second-order valence-electron chi connectivity index (χ2n) is 6.05. The minimum atomic E-state index is -4.42. The fraction of sp³-hybridized carbons (Fsp3) is 0.333. The highest BCUT2D eigenvalue weighted by atomic mass is 35.5. The molecule has 0 radical (unpaired) electrons. The number of rotatable bonds is 4. The van der Waals surface area contributed by atoms with E-state index >= 15 is 0 Å². The molecule has 1 aliphatic rings. The van der Waals surface area contributed by atoms with E-state index in [1.165, 1.54) is 18.3 Å². The molecule has 1 aromatic heterocycles. The third-order valence-corrected chi connectivity index (χ3v) is 4.42. The topological polar surface area (TPSA) is 42.4 Å². The van der Waals surface area contributed by atoms with E-state index in [9.17, 15) is 18.0 Å². The van der Waals surface area contributed by atoms with Gasteiger partial charge < -0.3 is 9.64 Å². The summed E-state index contributed by atoms with van der Waals surface area (Å²) in [6.45, 7) is 0.863. The highest BCUT2D eigenvalue weighted by molar-refractivity contribution is 6.31. The van der Waals surface area contributed by atoms with Crippen LogP contribution in [0.1, 0.15) is 17.5 Å². The van der Waals surface area contributed by atoms with E-state index in [1.807, 2.05) is 0 Å². The van der Waals surface area contributed by atoms with Crippen molar-refractivity contribution in [3.8, 4) is 5.75 Å². The van der Waals surface area contributed by atoms with Gasteiger partial charge in [0.2, 0.25) is 5.91 Å². The third kappa shape index (κ3) is 4.46. The van der Waals surface area contributed by atoms with Crippen LogP contribution in [0.4, 0.5) is 13.2 Å². The van der Waals surface area contributed by atoms with Gasteiger partial charge in [0, 0.05) is 31.4 Å². The van der Waals surface area contributed by atoms with Crippen molar-refractivity contribution >= 4 is 17.5 Å². The molecule has 2 aromatic rings. The molecule has 0 unspecified atom stereocenters. The zero-order valence-corrected chi connectivity index (χ0v) is 14.4. The number of halogens is 4. The summed E-state index contributed by atoms with van der Waals surface area (Å²) in [6.07, 6.45) is -1.04. The van der Waals surface area contributed by atoms with Crippen LogP contribution >= 0.6 is 11.6 Å². The van der Waals surface area contributed by atoms with Gasteiger partial charge in [-0.15, -0.1) is 0 Å². The van der Waals surface area contributed by atoms with E-state index in [0.29, 0.717) is 35.8 Å². The molecule has 1 aromatic carbocycles. The highest BCUT2D eigenvalue weighted by Gasteiger charge is 2.31. The molecule has 0 aliphatic carbocycles. The molecule has 0 bridgehead atoms. The molecule has 138 valence electrons. The average Bonchev–Trinajstić information content (AvgIpc) is 3.05. The van der Waals surface area contributed by atoms with Crippen molar-refractivity contribution in [2.24, 2.45) is 0 Å². The Morgan fingerprint density at radius 1 is 1.35 bits per heavy atom. The number of ether oxygens (including phenoxy) is 1. The zero-order valence-electron chi connectivity index (χ0n) is 13.7. The predicted octanol–water partition coefficient (Wildman–Crippen LogP) is 3.98. The van der Waals surface area contributed by atoms with Gasteiger partial charge in [0.25, 0.3) is 0 Å². The number of hydrogen-bond donors (Lipinski definition) is 0. The zero-order chi connectivity index (χ0) is 18.7. The van der Waals surface area contributed by atoms with Crippen LogP contribution in [-0.2, 0) is 17.4 Å². The van der Waals surface area contributed by atoms with Crippen LogP contribution in [-0.4, -0.2) is 35.0 Å². The summed E-state index contributed by atoms with van der Waals surface area (Å²) >= 11 is 6.00.